The van der Waals surface area contributed by atoms with Crippen LogP contribution in [0.1, 0.15) is 23.4 Å². The highest BCUT2D eigenvalue weighted by Gasteiger charge is 2.35. The minimum absolute atomic E-state index is 0.117. The molecule has 0 spiro atoms. The van der Waals surface area contributed by atoms with E-state index < -0.39 is 23.6 Å². The molecule has 1 aliphatic heterocycles. The number of nitrogens with one attached hydrogen (secondary N) is 1. The van der Waals surface area contributed by atoms with Gasteiger partial charge in [0.25, 0.3) is 5.91 Å². The maximum atomic E-state index is 13.6. The number of amides is 2. The predicted octanol–water partition coefficient (Wildman–Crippen LogP) is 2.80. The van der Waals surface area contributed by atoms with Crippen LogP contribution in [0.5, 0.6) is 0 Å². The fourth-order valence-electron chi connectivity index (χ4n) is 2.63. The summed E-state index contributed by atoms with van der Waals surface area (Å²) in [5, 5.41) is 2.40. The highest BCUT2D eigenvalue weighted by atomic mass is 19.1. The lowest BCUT2D eigenvalue weighted by Gasteiger charge is -2.23. The van der Waals surface area contributed by atoms with Crippen molar-refractivity contribution in [2.45, 2.75) is 18.9 Å². The third-order valence-electron chi connectivity index (χ3n) is 3.74. The van der Waals surface area contributed by atoms with E-state index >= 15 is 0 Å². The Kier molecular flexibility index (Phi) is 4.10. The lowest BCUT2D eigenvalue weighted by molar-refractivity contribution is -0.119. The second-order valence-corrected chi connectivity index (χ2v) is 5.25. The van der Waals surface area contributed by atoms with Crippen molar-refractivity contribution in [3.05, 3.63) is 54.0 Å². The molecule has 1 N–H and O–H groups in total. The van der Waals surface area contributed by atoms with Crippen molar-refractivity contribution in [3.8, 4) is 0 Å². The number of furan rings is 1. The summed E-state index contributed by atoms with van der Waals surface area (Å²) < 4.78 is 31.6. The highest BCUT2D eigenvalue weighted by Crippen LogP contribution is 2.23. The lowest BCUT2D eigenvalue weighted by atomic mass is 10.2. The molecule has 0 saturated carbocycles. The van der Waals surface area contributed by atoms with Gasteiger partial charge in [-0.15, -0.1) is 0 Å². The van der Waals surface area contributed by atoms with E-state index in [0.717, 1.165) is 12.1 Å². The molecule has 1 aromatic heterocycles. The fraction of sp³-hybridized carbons (Fsp3) is 0.250. The number of rotatable bonds is 3. The molecule has 1 atom stereocenters. The minimum atomic E-state index is -0.861. The van der Waals surface area contributed by atoms with Crippen molar-refractivity contribution >= 4 is 17.5 Å². The van der Waals surface area contributed by atoms with Crippen LogP contribution in [0.15, 0.2) is 41.0 Å². The van der Waals surface area contributed by atoms with Gasteiger partial charge >= 0.3 is 0 Å². The van der Waals surface area contributed by atoms with Crippen molar-refractivity contribution in [1.82, 2.24) is 4.90 Å². The number of benzene rings is 1. The number of anilines is 1. The van der Waals surface area contributed by atoms with E-state index in [2.05, 4.69) is 5.32 Å². The van der Waals surface area contributed by atoms with E-state index in [1.54, 1.807) is 6.07 Å². The maximum Gasteiger partial charge on any atom is 0.290 e. The first-order valence-electron chi connectivity index (χ1n) is 7.16. The van der Waals surface area contributed by atoms with Gasteiger partial charge in [-0.3, -0.25) is 9.59 Å². The number of nitrogens with zero attached hydrogens (tertiary/aromatic N) is 1. The second kappa shape index (κ2) is 6.20. The summed E-state index contributed by atoms with van der Waals surface area (Å²) >= 11 is 0. The molecule has 1 unspecified atom stereocenters. The monoisotopic (exact) mass is 320 g/mol. The summed E-state index contributed by atoms with van der Waals surface area (Å²) in [4.78, 5) is 26.1. The molecule has 0 bridgehead atoms. The Balaban J connectivity index is 1.74. The van der Waals surface area contributed by atoms with Crippen LogP contribution in [0.3, 0.4) is 0 Å². The van der Waals surface area contributed by atoms with Crippen molar-refractivity contribution in [3.63, 3.8) is 0 Å². The van der Waals surface area contributed by atoms with Crippen LogP contribution in [-0.4, -0.2) is 29.3 Å². The van der Waals surface area contributed by atoms with Gasteiger partial charge in [-0.1, -0.05) is 0 Å². The molecule has 1 aliphatic rings. The van der Waals surface area contributed by atoms with Gasteiger partial charge in [0.15, 0.2) is 5.76 Å². The molecule has 1 fully saturated rings. The molecule has 120 valence electrons. The number of hydrogen-bond donors (Lipinski definition) is 1. The zero-order chi connectivity index (χ0) is 16.4. The third-order valence-corrected chi connectivity index (χ3v) is 3.74. The summed E-state index contributed by atoms with van der Waals surface area (Å²) in [7, 11) is 0. The number of carbonyl (C=O) groups excluding carboxylic acids is 2. The van der Waals surface area contributed by atoms with Crippen molar-refractivity contribution in [2.75, 3.05) is 11.9 Å². The molecule has 2 heterocycles. The number of likely N-dealkylation sites (tertiary alicyclic amines) is 1. The summed E-state index contributed by atoms with van der Waals surface area (Å²) in [5.41, 5.74) is -0.117. The first-order chi connectivity index (χ1) is 11.1. The smallest absolute Gasteiger partial charge is 0.290 e. The van der Waals surface area contributed by atoms with Gasteiger partial charge in [-0.05, 0) is 37.1 Å². The zero-order valence-corrected chi connectivity index (χ0v) is 12.1. The normalized spacial score (nSPS) is 17.3. The molecule has 7 heteroatoms. The average Bonchev–Trinajstić information content (AvgIpc) is 3.20. The lowest BCUT2D eigenvalue weighted by Crippen LogP contribution is -2.43. The molecule has 1 saturated heterocycles. The Morgan fingerprint density at radius 2 is 2.09 bits per heavy atom. The van der Waals surface area contributed by atoms with Crippen LogP contribution in [0.4, 0.5) is 14.5 Å². The van der Waals surface area contributed by atoms with Crippen LogP contribution in [0, 0.1) is 11.6 Å². The largest absolute Gasteiger partial charge is 0.459 e. The van der Waals surface area contributed by atoms with E-state index in [-0.39, 0.29) is 17.4 Å². The number of carbonyl (C=O) groups is 2. The van der Waals surface area contributed by atoms with Gasteiger partial charge in [0, 0.05) is 12.6 Å². The second-order valence-electron chi connectivity index (χ2n) is 5.25. The Morgan fingerprint density at radius 3 is 2.78 bits per heavy atom. The van der Waals surface area contributed by atoms with Gasteiger partial charge < -0.3 is 14.6 Å². The van der Waals surface area contributed by atoms with E-state index in [9.17, 15) is 18.4 Å². The molecule has 5 nitrogen and oxygen atoms in total. The maximum absolute atomic E-state index is 13.6. The third kappa shape index (κ3) is 3.08. The van der Waals surface area contributed by atoms with Gasteiger partial charge in [0.05, 0.1) is 12.0 Å². The summed E-state index contributed by atoms with van der Waals surface area (Å²) in [6.07, 6.45) is 2.52. The van der Waals surface area contributed by atoms with Gasteiger partial charge in [0.1, 0.15) is 17.7 Å². The highest BCUT2D eigenvalue weighted by molar-refractivity contribution is 6.00. The molecular weight excluding hydrogens is 306 g/mol. The van der Waals surface area contributed by atoms with Crippen LogP contribution < -0.4 is 5.32 Å². The van der Waals surface area contributed by atoms with Crippen LogP contribution in [0.2, 0.25) is 0 Å². The average molecular weight is 320 g/mol. The van der Waals surface area contributed by atoms with Gasteiger partial charge in [0.2, 0.25) is 5.91 Å². The molecule has 0 radical (unpaired) electrons. The van der Waals surface area contributed by atoms with Crippen molar-refractivity contribution in [2.24, 2.45) is 0 Å². The van der Waals surface area contributed by atoms with E-state index in [1.165, 1.54) is 17.2 Å². The van der Waals surface area contributed by atoms with Crippen molar-refractivity contribution < 1.29 is 22.8 Å². The van der Waals surface area contributed by atoms with E-state index in [4.69, 9.17) is 4.42 Å². The quantitative estimate of drug-likeness (QED) is 0.946. The Morgan fingerprint density at radius 1 is 1.26 bits per heavy atom. The molecule has 3 rings (SSSR count). The molecular formula is C16H14F2N2O3. The fourth-order valence-corrected chi connectivity index (χ4v) is 2.63. The number of halogens is 2. The Hall–Kier alpha value is -2.70. The van der Waals surface area contributed by atoms with Gasteiger partial charge in [-0.2, -0.15) is 0 Å². The summed E-state index contributed by atoms with van der Waals surface area (Å²) in [6, 6.07) is 5.30. The zero-order valence-electron chi connectivity index (χ0n) is 12.1. The van der Waals surface area contributed by atoms with E-state index in [0.29, 0.717) is 25.5 Å². The summed E-state index contributed by atoms with van der Waals surface area (Å²) in [5.74, 6) is -2.32. The Labute approximate surface area is 130 Å². The van der Waals surface area contributed by atoms with Crippen LogP contribution in [0.25, 0.3) is 0 Å². The topological polar surface area (TPSA) is 62.6 Å². The van der Waals surface area contributed by atoms with Crippen LogP contribution >= 0.6 is 0 Å². The first-order valence-corrected chi connectivity index (χ1v) is 7.16. The SMILES string of the molecule is O=C(Nc1ccc(F)cc1F)C1CCCN1C(=O)c1ccco1. The number of hydrogen-bond acceptors (Lipinski definition) is 3. The summed E-state index contributed by atoms with van der Waals surface area (Å²) in [6.45, 7) is 0.420. The van der Waals surface area contributed by atoms with Crippen LogP contribution in [-0.2, 0) is 4.79 Å². The Bertz CT molecular complexity index is 731. The van der Waals surface area contributed by atoms with E-state index in [1.807, 2.05) is 0 Å². The predicted molar refractivity (Wildman–Crippen MR) is 77.8 cm³/mol. The van der Waals surface area contributed by atoms with Gasteiger partial charge in [-0.25, -0.2) is 8.78 Å². The molecule has 2 aromatic rings. The molecule has 23 heavy (non-hydrogen) atoms. The minimum Gasteiger partial charge on any atom is -0.459 e. The first kappa shape index (κ1) is 15.2. The van der Waals surface area contributed by atoms with Crippen molar-refractivity contribution in [1.29, 1.82) is 0 Å². The molecule has 1 aromatic carbocycles. The molecule has 2 amide bonds. The molecule has 0 aliphatic carbocycles. The standard InChI is InChI=1S/C16H14F2N2O3/c17-10-5-6-12(11(18)9-10)19-15(21)13-3-1-7-20(13)16(22)14-4-2-8-23-14/h2,4-6,8-9,13H,1,3,7H2,(H,19,21).